The molecule has 254 valence electrons. The lowest BCUT2D eigenvalue weighted by Gasteiger charge is -2.37. The summed E-state index contributed by atoms with van der Waals surface area (Å²) in [5.41, 5.74) is 12.1. The fraction of sp³-hybridized carbons (Fsp3) is 0.343. The molecule has 0 aliphatic rings. The van der Waals surface area contributed by atoms with Crippen molar-refractivity contribution in [2.24, 2.45) is 22.9 Å². The topological polar surface area (TPSA) is 202 Å². The summed E-state index contributed by atoms with van der Waals surface area (Å²) in [5, 5.41) is 9.61. The summed E-state index contributed by atoms with van der Waals surface area (Å²) in [6.45, 7) is 7.20. The van der Waals surface area contributed by atoms with E-state index in [1.54, 1.807) is 17.6 Å². The van der Waals surface area contributed by atoms with Gasteiger partial charge >= 0.3 is 0 Å². The van der Waals surface area contributed by atoms with E-state index in [0.717, 1.165) is 22.3 Å². The molecule has 0 saturated carbocycles. The summed E-state index contributed by atoms with van der Waals surface area (Å²) in [6.07, 6.45) is 4.75. The van der Waals surface area contributed by atoms with Gasteiger partial charge in [-0.1, -0.05) is 103 Å². The molecule has 0 bridgehead atoms. The van der Waals surface area contributed by atoms with Gasteiger partial charge in [-0.05, 0) is 69.2 Å². The molecule has 1 unspecified atom stereocenters. The highest BCUT2D eigenvalue weighted by atomic mass is 32.2. The molecule has 47 heavy (non-hydrogen) atoms. The van der Waals surface area contributed by atoms with Gasteiger partial charge < -0.3 is 5.73 Å². The van der Waals surface area contributed by atoms with Crippen molar-refractivity contribution in [2.45, 2.75) is 70.2 Å². The van der Waals surface area contributed by atoms with Gasteiger partial charge in [0.2, 0.25) is 11.8 Å². The van der Waals surface area contributed by atoms with Crippen LogP contribution < -0.4 is 22.5 Å². The molecule has 0 radical (unpaired) electrons. The zero-order valence-corrected chi connectivity index (χ0v) is 28.0. The first-order chi connectivity index (χ1) is 22.2. The first kappa shape index (κ1) is 39.0. The van der Waals surface area contributed by atoms with E-state index in [9.17, 15) is 28.0 Å². The molecule has 0 aromatic heterocycles. The molecule has 0 heterocycles. The summed E-state index contributed by atoms with van der Waals surface area (Å²) in [7, 11) is -4.02. The Bertz CT molecular complexity index is 1590. The number of nitrogens with two attached hydrogens (primary N) is 2. The number of hydrogen-bond acceptors (Lipinski definition) is 8. The molecule has 0 saturated heterocycles. The molecule has 4 atom stereocenters. The molecular weight excluding hydrogens is 620 g/mol. The highest BCUT2D eigenvalue weighted by molar-refractivity contribution is 7.85. The lowest BCUT2D eigenvalue weighted by atomic mass is 9.66. The van der Waals surface area contributed by atoms with Crippen LogP contribution in [0, 0.1) is 25.2 Å². The van der Waals surface area contributed by atoms with E-state index in [0.29, 0.717) is 6.42 Å². The molecule has 3 aromatic rings. The van der Waals surface area contributed by atoms with Crippen LogP contribution in [-0.2, 0) is 24.5 Å². The normalized spacial score (nSPS) is 14.6. The Morgan fingerprint density at radius 3 is 1.96 bits per heavy atom. The van der Waals surface area contributed by atoms with Crippen LogP contribution >= 0.6 is 0 Å². The van der Waals surface area contributed by atoms with Gasteiger partial charge in [0.15, 0.2) is 5.78 Å². The van der Waals surface area contributed by atoms with Crippen LogP contribution in [0.2, 0.25) is 0 Å². The number of hydrogen-bond donors (Lipinski definition) is 6. The third-order valence-corrected chi connectivity index (χ3v) is 8.82. The molecular formula is C35H46N4O7S. The Hall–Kier alpha value is -4.20. The van der Waals surface area contributed by atoms with E-state index in [1.807, 2.05) is 87.5 Å². The average molecular weight is 667 g/mol. The van der Waals surface area contributed by atoms with Gasteiger partial charge in [0.05, 0.1) is 16.9 Å². The first-order valence-electron chi connectivity index (χ1n) is 15.3. The minimum Gasteiger partial charge on any atom is -0.322 e. The lowest BCUT2D eigenvalue weighted by Crippen LogP contribution is -2.54. The Balaban J connectivity index is 0.000000587. The van der Waals surface area contributed by atoms with Crippen LogP contribution in [-0.4, -0.2) is 41.8 Å². The third-order valence-electron chi connectivity index (χ3n) is 7.95. The predicted molar refractivity (Wildman–Crippen MR) is 181 cm³/mol. The number of hydroxylamine groups is 1. The van der Waals surface area contributed by atoms with Gasteiger partial charge in [-0.25, -0.2) is 11.3 Å². The molecule has 8 N–H and O–H groups in total. The van der Waals surface area contributed by atoms with Crippen LogP contribution in [0.3, 0.4) is 0 Å². The van der Waals surface area contributed by atoms with Crippen LogP contribution in [0.4, 0.5) is 0 Å². The van der Waals surface area contributed by atoms with Crippen molar-refractivity contribution in [3.8, 4) is 0 Å². The van der Waals surface area contributed by atoms with Gasteiger partial charge in [-0.15, -0.1) is 0 Å². The fourth-order valence-corrected chi connectivity index (χ4v) is 5.97. The zero-order chi connectivity index (χ0) is 35.2. The molecule has 0 fully saturated rings. The molecule has 0 aliphatic heterocycles. The Kier molecular flexibility index (Phi) is 15.1. The van der Waals surface area contributed by atoms with Crippen LogP contribution in [0.1, 0.15) is 67.7 Å². The average Bonchev–Trinajstić information content (AvgIpc) is 3.05. The number of carbonyl (C=O) groups is 3. The zero-order valence-electron chi connectivity index (χ0n) is 27.2. The Morgan fingerprint density at radius 2 is 1.49 bits per heavy atom. The van der Waals surface area contributed by atoms with E-state index in [2.05, 4.69) is 5.43 Å². The molecule has 0 aliphatic carbocycles. The van der Waals surface area contributed by atoms with Crippen molar-refractivity contribution in [3.05, 3.63) is 107 Å². The molecule has 11 nitrogen and oxygen atoms in total. The monoisotopic (exact) mass is 666 g/mol. The van der Waals surface area contributed by atoms with Gasteiger partial charge in [0, 0.05) is 0 Å². The molecule has 2 amide bonds. The van der Waals surface area contributed by atoms with E-state index >= 15 is 0 Å². The summed E-state index contributed by atoms with van der Waals surface area (Å²) >= 11 is 0. The lowest BCUT2D eigenvalue weighted by molar-refractivity contribution is -0.146. The smallest absolute Gasteiger partial charge is 0.294 e. The quantitative estimate of drug-likeness (QED) is 0.0354. The summed E-state index contributed by atoms with van der Waals surface area (Å²) < 4.78 is 29.6. The SMILES string of the molecule is CCCC(C[C@@H](c1ccc(C)cc1)[C@H](C/C=C/c1ccccc1)C(=O)NO)(C(=O)NN)C(=O)[C@@H](C)N.Cc1ccc(S(=O)(=O)O)cc1. The maximum atomic E-state index is 13.4. The second kappa shape index (κ2) is 18.2. The van der Waals surface area contributed by atoms with Gasteiger partial charge in [0.1, 0.15) is 5.41 Å². The van der Waals surface area contributed by atoms with E-state index in [4.69, 9.17) is 16.1 Å². The summed E-state index contributed by atoms with van der Waals surface area (Å²) in [5.74, 6) is 2.50. The standard InChI is InChI=1S/C28H38N4O4.C7H8O3S/c1-4-17-28(27(35)31-30,25(33)20(3)29)18-24(22-15-13-19(2)14-16-22)23(26(34)32-36)12-8-11-21-9-6-5-7-10-21;1-6-2-4-7(5-3-6)11(8,9)10/h5-11,13-16,20,23-24,36H,4,12,17-18,29-30H2,1-3H3,(H,31,35)(H,32,34);2-5H,1H3,(H,8,9,10)/b11-8+;/t20-,23+,24+,28?;/m1./s1. The highest BCUT2D eigenvalue weighted by Gasteiger charge is 2.49. The summed E-state index contributed by atoms with van der Waals surface area (Å²) in [6, 6.07) is 22.3. The van der Waals surface area contributed by atoms with Crippen molar-refractivity contribution in [1.29, 1.82) is 0 Å². The molecule has 12 heteroatoms. The second-order valence-electron chi connectivity index (χ2n) is 11.6. The second-order valence-corrected chi connectivity index (χ2v) is 13.0. The Labute approximate surface area is 277 Å². The van der Waals surface area contributed by atoms with E-state index in [-0.39, 0.29) is 24.2 Å². The van der Waals surface area contributed by atoms with Crippen molar-refractivity contribution in [1.82, 2.24) is 10.9 Å². The first-order valence-corrected chi connectivity index (χ1v) is 16.7. The number of Topliss-reactive ketones (excluding diaryl/α,β-unsaturated/α-hetero) is 1. The molecule has 3 aromatic carbocycles. The Morgan fingerprint density at radius 1 is 0.936 bits per heavy atom. The number of allylic oxidation sites excluding steroid dienone is 1. The van der Waals surface area contributed by atoms with Gasteiger partial charge in [-0.2, -0.15) is 8.42 Å². The van der Waals surface area contributed by atoms with E-state index < -0.39 is 51.0 Å². The molecule has 0 spiro atoms. The number of aryl methyl sites for hydroxylation is 2. The van der Waals surface area contributed by atoms with Crippen molar-refractivity contribution in [2.75, 3.05) is 0 Å². The van der Waals surface area contributed by atoms with Gasteiger partial charge in [0.25, 0.3) is 10.1 Å². The number of amides is 2. The maximum Gasteiger partial charge on any atom is 0.294 e. The van der Waals surface area contributed by atoms with Crippen LogP contribution in [0.25, 0.3) is 6.08 Å². The van der Waals surface area contributed by atoms with Crippen molar-refractivity contribution >= 4 is 33.8 Å². The number of carbonyl (C=O) groups excluding carboxylic acids is 3. The maximum absolute atomic E-state index is 13.4. The van der Waals surface area contributed by atoms with Gasteiger partial charge in [-0.3, -0.25) is 29.6 Å². The number of nitrogens with one attached hydrogen (secondary N) is 2. The summed E-state index contributed by atoms with van der Waals surface area (Å²) in [4.78, 5) is 39.5. The third kappa shape index (κ3) is 11.2. The van der Waals surface area contributed by atoms with Crippen molar-refractivity contribution in [3.63, 3.8) is 0 Å². The number of hydrazine groups is 1. The van der Waals surface area contributed by atoms with Crippen molar-refractivity contribution < 1.29 is 32.6 Å². The predicted octanol–water partition coefficient (Wildman–Crippen LogP) is 4.63. The fourth-order valence-electron chi connectivity index (χ4n) is 5.49. The number of rotatable bonds is 14. The van der Waals surface area contributed by atoms with Crippen LogP contribution in [0.15, 0.2) is 89.8 Å². The minimum absolute atomic E-state index is 0.00453. The minimum atomic E-state index is -4.02. The highest BCUT2D eigenvalue weighted by Crippen LogP contribution is 2.43. The van der Waals surface area contributed by atoms with Crippen LogP contribution in [0.5, 0.6) is 0 Å². The molecule has 3 rings (SSSR count). The number of ketones is 1. The van der Waals surface area contributed by atoms with E-state index in [1.165, 1.54) is 19.1 Å². The number of benzene rings is 3. The largest absolute Gasteiger partial charge is 0.322 e.